The fraction of sp³-hybridized carbons (Fsp3) is 0.871. The molecule has 2 unspecified atom stereocenters. The third-order valence-electron chi connectivity index (χ3n) is 12.7. The quantitative estimate of drug-likeness (QED) is 0.320. The van der Waals surface area contributed by atoms with E-state index in [-0.39, 0.29) is 34.2 Å². The molecule has 6 fully saturated rings. The highest BCUT2D eigenvalue weighted by atomic mass is 32.2. The minimum Gasteiger partial charge on any atom is -0.461 e. The van der Waals surface area contributed by atoms with Gasteiger partial charge in [-0.1, -0.05) is 26.8 Å². The third kappa shape index (κ3) is 3.96. The predicted octanol–water partition coefficient (Wildman–Crippen LogP) is 6.28. The molecule has 0 amide bonds. The molecule has 4 aliphatic carbocycles. The van der Waals surface area contributed by atoms with Crippen molar-refractivity contribution in [2.24, 2.45) is 39.9 Å². The maximum atomic E-state index is 13.4. The lowest BCUT2D eigenvalue weighted by molar-refractivity contribution is -0.162. The second-order valence-corrected chi connectivity index (χ2v) is 15.5. The zero-order valence-electron chi connectivity index (χ0n) is 23.0. The lowest BCUT2D eigenvalue weighted by atomic mass is 9.54. The van der Waals surface area contributed by atoms with E-state index in [0.29, 0.717) is 46.6 Å². The van der Waals surface area contributed by atoms with Crippen molar-refractivity contribution in [3.63, 3.8) is 0 Å². The predicted molar refractivity (Wildman–Crippen MR) is 146 cm³/mol. The first-order valence-corrected chi connectivity index (χ1v) is 15.8. The summed E-state index contributed by atoms with van der Waals surface area (Å²) in [4.78, 5) is 28.9. The average molecular weight is 514 g/mol. The molecule has 5 heteroatoms. The number of nitrogens with zero attached hydrogens (tertiary/aromatic N) is 1. The van der Waals surface area contributed by atoms with Crippen LogP contribution in [0.25, 0.3) is 0 Å². The Bertz CT molecular complexity index is 923. The molecule has 2 aliphatic heterocycles. The monoisotopic (exact) mass is 513 g/mol. The number of ether oxygens (including phenoxy) is 1. The van der Waals surface area contributed by atoms with E-state index in [1.807, 2.05) is 11.8 Å². The van der Waals surface area contributed by atoms with Gasteiger partial charge in [0, 0.05) is 35.1 Å². The van der Waals surface area contributed by atoms with Gasteiger partial charge in [-0.05, 0) is 99.8 Å². The van der Waals surface area contributed by atoms with Crippen LogP contribution in [0.4, 0.5) is 0 Å². The zero-order chi connectivity index (χ0) is 25.5. The Labute approximate surface area is 222 Å². The van der Waals surface area contributed by atoms with Crippen LogP contribution in [-0.4, -0.2) is 52.9 Å². The maximum Gasteiger partial charge on any atom is 0.316 e. The fourth-order valence-corrected chi connectivity index (χ4v) is 11.1. The van der Waals surface area contributed by atoms with Crippen LogP contribution in [0.2, 0.25) is 0 Å². The summed E-state index contributed by atoms with van der Waals surface area (Å²) in [5.41, 5.74) is 0.200. The largest absolute Gasteiger partial charge is 0.461 e. The van der Waals surface area contributed by atoms with Gasteiger partial charge in [0.25, 0.3) is 0 Å². The van der Waals surface area contributed by atoms with Crippen molar-refractivity contribution in [2.45, 2.75) is 115 Å². The first-order valence-electron chi connectivity index (χ1n) is 14.8. The van der Waals surface area contributed by atoms with Gasteiger partial charge < -0.3 is 9.64 Å². The summed E-state index contributed by atoms with van der Waals surface area (Å²) in [5.74, 6) is 2.71. The molecular weight excluding hydrogens is 466 g/mol. The normalized spacial score (nSPS) is 51.9. The van der Waals surface area contributed by atoms with Gasteiger partial charge in [0.05, 0.1) is 5.75 Å². The molecule has 36 heavy (non-hydrogen) atoms. The summed E-state index contributed by atoms with van der Waals surface area (Å²) in [7, 11) is 2.28. The summed E-state index contributed by atoms with van der Waals surface area (Å²) in [6.45, 7) is 11.5. The van der Waals surface area contributed by atoms with Gasteiger partial charge in [0.2, 0.25) is 0 Å². The minimum absolute atomic E-state index is 0.0212. The summed E-state index contributed by atoms with van der Waals surface area (Å²) < 4.78 is 6.55. The Morgan fingerprint density at radius 1 is 1.17 bits per heavy atom. The van der Waals surface area contributed by atoms with Crippen molar-refractivity contribution in [2.75, 3.05) is 12.8 Å². The number of allylic oxidation sites excluding steroid dienone is 1. The highest BCUT2D eigenvalue weighted by molar-refractivity contribution is 8.00. The molecule has 0 radical (unpaired) electrons. The van der Waals surface area contributed by atoms with Crippen molar-refractivity contribution in [1.82, 2.24) is 4.90 Å². The molecule has 0 aromatic heterocycles. The van der Waals surface area contributed by atoms with E-state index in [4.69, 9.17) is 4.74 Å². The molecule has 2 saturated heterocycles. The van der Waals surface area contributed by atoms with Crippen molar-refractivity contribution in [1.29, 1.82) is 0 Å². The van der Waals surface area contributed by atoms with E-state index in [9.17, 15) is 9.59 Å². The van der Waals surface area contributed by atoms with Crippen LogP contribution in [-0.2, 0) is 14.3 Å². The number of hydrogen-bond donors (Lipinski definition) is 0. The van der Waals surface area contributed by atoms with Crippen LogP contribution in [0.3, 0.4) is 0 Å². The number of hydrogen-bond acceptors (Lipinski definition) is 5. The Balaban J connectivity index is 1.22. The van der Waals surface area contributed by atoms with E-state index in [2.05, 4.69) is 45.4 Å². The number of carbonyl (C=O) groups excluding carboxylic acids is 2. The molecule has 0 N–H and O–H groups in total. The van der Waals surface area contributed by atoms with Crippen molar-refractivity contribution in [3.8, 4) is 0 Å². The number of fused-ring (bicyclic) bond motifs is 5. The number of thioether (sulfide) groups is 1. The van der Waals surface area contributed by atoms with E-state index in [1.54, 1.807) is 0 Å². The highest BCUT2D eigenvalue weighted by Gasteiger charge is 2.66. The van der Waals surface area contributed by atoms with Crippen molar-refractivity contribution in [3.05, 3.63) is 12.7 Å². The van der Waals surface area contributed by atoms with Gasteiger partial charge in [0.1, 0.15) is 11.9 Å². The number of esters is 1. The molecular formula is C31H47NO3S. The standard InChI is InChI=1S/C31H47NO3S/c1-6-30-15-25(30)20(3)31-10-9-26(33)21(14-31)11-19(2)29(4,18-31)27(16-30)35-28(34)17-36-24-12-22-7-8-23(13-24)32(22)5/h6,19-25,27H,1,7-18H2,2-5H3/t19-,20+,21+,22?,23?,24?,25+,27-,29+,30+,31+/m1/s1. The third-order valence-corrected chi connectivity index (χ3v) is 14.0. The van der Waals surface area contributed by atoms with Gasteiger partial charge in [-0.15, -0.1) is 18.3 Å². The average Bonchev–Trinajstić information content (AvgIpc) is 3.54. The maximum absolute atomic E-state index is 13.4. The Morgan fingerprint density at radius 2 is 1.89 bits per heavy atom. The number of piperidine rings is 1. The van der Waals surface area contributed by atoms with Gasteiger partial charge in [0.15, 0.2) is 0 Å². The summed E-state index contributed by atoms with van der Waals surface area (Å²) in [6, 6.07) is 1.40. The minimum atomic E-state index is -0.0931. The van der Waals surface area contributed by atoms with Crippen molar-refractivity contribution < 1.29 is 14.3 Å². The Morgan fingerprint density at radius 3 is 2.58 bits per heavy atom. The lowest BCUT2D eigenvalue weighted by Gasteiger charge is -2.52. The summed E-state index contributed by atoms with van der Waals surface area (Å²) in [6.07, 6.45) is 14.1. The van der Waals surface area contributed by atoms with E-state index in [0.717, 1.165) is 38.5 Å². The second-order valence-electron chi connectivity index (χ2n) is 14.2. The van der Waals surface area contributed by atoms with E-state index >= 15 is 0 Å². The van der Waals surface area contributed by atoms with Gasteiger partial charge in [-0.25, -0.2) is 0 Å². The van der Waals surface area contributed by atoms with Crippen LogP contribution in [0.15, 0.2) is 12.7 Å². The Hall–Kier alpha value is -0.810. The molecule has 4 saturated carbocycles. The molecule has 4 nitrogen and oxygen atoms in total. The fourth-order valence-electron chi connectivity index (χ4n) is 9.93. The molecule has 200 valence electrons. The molecule has 2 heterocycles. The number of carbonyl (C=O) groups is 2. The molecule has 10 atom stereocenters. The topological polar surface area (TPSA) is 46.6 Å². The van der Waals surface area contributed by atoms with Gasteiger partial charge in [-0.2, -0.15) is 0 Å². The van der Waals surface area contributed by atoms with Gasteiger partial charge in [-0.3, -0.25) is 9.59 Å². The first kappa shape index (κ1) is 25.5. The van der Waals surface area contributed by atoms with Crippen molar-refractivity contribution >= 4 is 23.5 Å². The number of Topliss-reactive ketones (excluding diaryl/α,β-unsaturated/α-hetero) is 1. The van der Waals surface area contributed by atoms with Crippen LogP contribution in [0.5, 0.6) is 0 Å². The van der Waals surface area contributed by atoms with Gasteiger partial charge >= 0.3 is 5.97 Å². The van der Waals surface area contributed by atoms with E-state index < -0.39 is 0 Å². The Kier molecular flexibility index (Phi) is 6.27. The zero-order valence-corrected chi connectivity index (χ0v) is 23.8. The molecule has 6 aliphatic rings. The van der Waals surface area contributed by atoms with Crippen LogP contribution < -0.4 is 0 Å². The van der Waals surface area contributed by atoms with Crippen LogP contribution in [0, 0.1) is 39.9 Å². The molecule has 6 rings (SSSR count). The lowest BCUT2D eigenvalue weighted by Crippen LogP contribution is -2.49. The molecule has 1 spiro atoms. The van der Waals surface area contributed by atoms with Crippen LogP contribution in [0.1, 0.15) is 91.4 Å². The number of rotatable bonds is 5. The highest BCUT2D eigenvalue weighted by Crippen LogP contribution is 2.71. The summed E-state index contributed by atoms with van der Waals surface area (Å²) in [5, 5.41) is 0.581. The van der Waals surface area contributed by atoms with Crippen LogP contribution >= 0.6 is 11.8 Å². The smallest absolute Gasteiger partial charge is 0.316 e. The molecule has 0 aromatic carbocycles. The summed E-state index contributed by atoms with van der Waals surface area (Å²) >= 11 is 1.84. The number of ketones is 1. The molecule has 5 bridgehead atoms. The second kappa shape index (κ2) is 8.86. The molecule has 0 aromatic rings. The first-order chi connectivity index (χ1) is 17.1. The SMILES string of the molecule is C=C[C@@]12C[C@H]1[C@H](C)[C@]13CCC(=O)[C@@H](C[C@@H](C)[C@](C)(C1)[C@H](OC(=O)CSC1CC4CCC(C1)N4C)C2)C3. The van der Waals surface area contributed by atoms with E-state index in [1.165, 1.54) is 32.1 Å².